The number of nitrogens with one attached hydrogen (secondary N) is 2. The number of rotatable bonds is 8. The molecule has 0 heterocycles. The normalized spacial score (nSPS) is 11.1. The van der Waals surface area contributed by atoms with Crippen molar-refractivity contribution in [1.29, 1.82) is 0 Å². The maximum atomic E-state index is 13.6. The first-order valence-corrected chi connectivity index (χ1v) is 10.4. The van der Waals surface area contributed by atoms with Crippen LogP contribution >= 0.6 is 0 Å². The van der Waals surface area contributed by atoms with Crippen LogP contribution in [0, 0.1) is 5.82 Å². The van der Waals surface area contributed by atoms with Crippen LogP contribution in [0.25, 0.3) is 0 Å². The fraction of sp³-hybridized carbons (Fsp3) is 0.0952. The number of ether oxygens (including phenoxy) is 1. The van der Waals surface area contributed by atoms with Gasteiger partial charge in [0.15, 0.2) is 0 Å². The van der Waals surface area contributed by atoms with E-state index in [0.29, 0.717) is 17.2 Å². The molecule has 2 N–H and O–H groups in total. The largest absolute Gasteiger partial charge is 0.457 e. The summed E-state index contributed by atoms with van der Waals surface area (Å²) in [4.78, 5) is 12.0. The maximum Gasteiger partial charge on any atom is 0.239 e. The molecule has 1 amide bonds. The van der Waals surface area contributed by atoms with E-state index in [1.54, 1.807) is 30.3 Å². The van der Waals surface area contributed by atoms with Crippen molar-refractivity contribution < 1.29 is 22.3 Å². The Kier molecular flexibility index (Phi) is 6.58. The highest BCUT2D eigenvalue weighted by Gasteiger charge is 2.15. The molecular formula is C21H19FN2O4S. The van der Waals surface area contributed by atoms with Crippen LogP contribution in [0.2, 0.25) is 0 Å². The van der Waals surface area contributed by atoms with Crippen LogP contribution in [0.3, 0.4) is 0 Å². The van der Waals surface area contributed by atoms with Crippen LogP contribution in [0.1, 0.15) is 5.56 Å². The number of amides is 1. The molecule has 8 heteroatoms. The molecule has 0 unspecified atom stereocenters. The van der Waals surface area contributed by atoms with E-state index in [-0.39, 0.29) is 5.56 Å². The molecule has 0 saturated carbocycles. The van der Waals surface area contributed by atoms with Crippen molar-refractivity contribution in [2.75, 3.05) is 11.9 Å². The molecule has 150 valence electrons. The van der Waals surface area contributed by atoms with Crippen LogP contribution in [-0.2, 0) is 20.6 Å². The maximum absolute atomic E-state index is 13.6. The summed E-state index contributed by atoms with van der Waals surface area (Å²) >= 11 is 0. The van der Waals surface area contributed by atoms with Gasteiger partial charge in [0.05, 0.1) is 12.3 Å². The smallest absolute Gasteiger partial charge is 0.239 e. The molecule has 0 bridgehead atoms. The van der Waals surface area contributed by atoms with Gasteiger partial charge in [0.25, 0.3) is 0 Å². The van der Waals surface area contributed by atoms with Crippen LogP contribution in [0.5, 0.6) is 11.5 Å². The highest BCUT2D eigenvalue weighted by molar-refractivity contribution is 7.88. The predicted molar refractivity (Wildman–Crippen MR) is 109 cm³/mol. The second kappa shape index (κ2) is 9.31. The Labute approximate surface area is 168 Å². The summed E-state index contributed by atoms with van der Waals surface area (Å²) in [7, 11) is -3.86. The minimum atomic E-state index is -3.86. The van der Waals surface area contributed by atoms with Gasteiger partial charge in [-0.05, 0) is 42.5 Å². The Morgan fingerprint density at radius 2 is 1.48 bits per heavy atom. The van der Waals surface area contributed by atoms with Gasteiger partial charge in [0.2, 0.25) is 15.9 Å². The number of hydrogen-bond acceptors (Lipinski definition) is 4. The van der Waals surface area contributed by atoms with Crippen LogP contribution in [0.15, 0.2) is 78.9 Å². The summed E-state index contributed by atoms with van der Waals surface area (Å²) in [6.07, 6.45) is 0. The summed E-state index contributed by atoms with van der Waals surface area (Å²) in [5.41, 5.74) is 0.526. The highest BCUT2D eigenvalue weighted by atomic mass is 32.2. The predicted octanol–water partition coefficient (Wildman–Crippen LogP) is 3.68. The minimum absolute atomic E-state index is 0.0365. The molecule has 0 saturated heterocycles. The van der Waals surface area contributed by atoms with E-state index < -0.39 is 34.0 Å². The summed E-state index contributed by atoms with van der Waals surface area (Å²) in [6, 6.07) is 21.5. The van der Waals surface area contributed by atoms with Crippen LogP contribution < -0.4 is 14.8 Å². The lowest BCUT2D eigenvalue weighted by Crippen LogP contribution is -2.33. The quantitative estimate of drug-likeness (QED) is 0.589. The SMILES string of the molecule is O=C(CNS(=O)(=O)Cc1ccccc1F)Nc1ccc(Oc2ccccc2)cc1. The van der Waals surface area contributed by atoms with Crippen molar-refractivity contribution in [3.05, 3.63) is 90.2 Å². The van der Waals surface area contributed by atoms with Gasteiger partial charge in [-0.15, -0.1) is 0 Å². The molecule has 0 aliphatic carbocycles. The van der Waals surface area contributed by atoms with E-state index in [1.807, 2.05) is 30.3 Å². The van der Waals surface area contributed by atoms with Crippen molar-refractivity contribution in [3.8, 4) is 11.5 Å². The highest BCUT2D eigenvalue weighted by Crippen LogP contribution is 2.22. The Morgan fingerprint density at radius 1 is 0.862 bits per heavy atom. The molecule has 0 atom stereocenters. The molecule has 0 aliphatic rings. The van der Waals surface area contributed by atoms with Gasteiger partial charge in [-0.25, -0.2) is 17.5 Å². The number of halogens is 1. The van der Waals surface area contributed by atoms with Gasteiger partial charge < -0.3 is 10.1 Å². The van der Waals surface area contributed by atoms with E-state index in [1.165, 1.54) is 18.2 Å². The van der Waals surface area contributed by atoms with Crippen LogP contribution in [-0.4, -0.2) is 20.9 Å². The number of carbonyl (C=O) groups excluding carboxylic acids is 1. The molecular weight excluding hydrogens is 395 g/mol. The molecule has 0 aromatic heterocycles. The molecule has 6 nitrogen and oxygen atoms in total. The molecule has 0 radical (unpaired) electrons. The number of para-hydroxylation sites is 1. The number of carbonyl (C=O) groups is 1. The fourth-order valence-corrected chi connectivity index (χ4v) is 3.58. The average molecular weight is 414 g/mol. The summed E-state index contributed by atoms with van der Waals surface area (Å²) in [5.74, 6) is -0.411. The summed E-state index contributed by atoms with van der Waals surface area (Å²) < 4.78 is 45.5. The van der Waals surface area contributed by atoms with Gasteiger partial charge in [-0.3, -0.25) is 4.79 Å². The number of sulfonamides is 1. The second-order valence-corrected chi connectivity index (χ2v) is 7.97. The number of benzene rings is 3. The topological polar surface area (TPSA) is 84.5 Å². The molecule has 0 aliphatic heterocycles. The van der Waals surface area contributed by atoms with Gasteiger partial charge >= 0.3 is 0 Å². The molecule has 0 spiro atoms. The van der Waals surface area contributed by atoms with E-state index >= 15 is 0 Å². The van der Waals surface area contributed by atoms with E-state index in [9.17, 15) is 17.6 Å². The fourth-order valence-electron chi connectivity index (χ4n) is 2.48. The monoisotopic (exact) mass is 414 g/mol. The van der Waals surface area contributed by atoms with Gasteiger partial charge in [-0.2, -0.15) is 0 Å². The molecule has 0 fully saturated rings. The van der Waals surface area contributed by atoms with Gasteiger partial charge in [0, 0.05) is 11.3 Å². The average Bonchev–Trinajstić information content (AvgIpc) is 2.71. The Hall–Kier alpha value is -3.23. The number of anilines is 1. The minimum Gasteiger partial charge on any atom is -0.457 e. The third-order valence-corrected chi connectivity index (χ3v) is 5.15. The lowest BCUT2D eigenvalue weighted by Gasteiger charge is -2.09. The van der Waals surface area contributed by atoms with Crippen LogP contribution in [0.4, 0.5) is 10.1 Å². The third-order valence-electron chi connectivity index (χ3n) is 3.87. The Bertz CT molecular complexity index is 1070. The van der Waals surface area contributed by atoms with E-state index in [2.05, 4.69) is 10.0 Å². The second-order valence-electron chi connectivity index (χ2n) is 6.16. The van der Waals surface area contributed by atoms with E-state index in [0.717, 1.165) is 0 Å². The molecule has 3 aromatic carbocycles. The first kappa shape index (κ1) is 20.5. The van der Waals surface area contributed by atoms with Crippen molar-refractivity contribution >= 4 is 21.6 Å². The van der Waals surface area contributed by atoms with Crippen molar-refractivity contribution in [1.82, 2.24) is 4.72 Å². The Morgan fingerprint density at radius 3 is 2.17 bits per heavy atom. The third kappa shape index (κ3) is 6.41. The van der Waals surface area contributed by atoms with Crippen molar-refractivity contribution in [3.63, 3.8) is 0 Å². The molecule has 29 heavy (non-hydrogen) atoms. The zero-order chi connectivity index (χ0) is 20.7. The first-order chi connectivity index (χ1) is 13.9. The van der Waals surface area contributed by atoms with Crippen molar-refractivity contribution in [2.45, 2.75) is 5.75 Å². The zero-order valence-corrected chi connectivity index (χ0v) is 16.2. The van der Waals surface area contributed by atoms with Gasteiger partial charge in [0.1, 0.15) is 17.3 Å². The molecule has 3 rings (SSSR count). The lowest BCUT2D eigenvalue weighted by molar-refractivity contribution is -0.115. The lowest BCUT2D eigenvalue weighted by atomic mass is 10.2. The Balaban J connectivity index is 1.50. The molecule has 3 aromatic rings. The van der Waals surface area contributed by atoms with E-state index in [4.69, 9.17) is 4.74 Å². The number of hydrogen-bond donors (Lipinski definition) is 2. The summed E-state index contributed by atoms with van der Waals surface area (Å²) in [5, 5.41) is 2.59. The zero-order valence-electron chi connectivity index (χ0n) is 15.3. The van der Waals surface area contributed by atoms with Crippen molar-refractivity contribution in [2.24, 2.45) is 0 Å². The standard InChI is InChI=1S/C21H19FN2O4S/c22-20-9-5-4-6-16(20)15-29(26,27)23-14-21(25)24-17-10-12-19(13-11-17)28-18-7-2-1-3-8-18/h1-13,23H,14-15H2,(H,24,25). The summed E-state index contributed by atoms with van der Waals surface area (Å²) in [6.45, 7) is -0.459. The van der Waals surface area contributed by atoms with Gasteiger partial charge in [-0.1, -0.05) is 36.4 Å². The first-order valence-electron chi connectivity index (χ1n) is 8.75.